The number of hydrogen-bond acceptors (Lipinski definition) is 7. The first-order chi connectivity index (χ1) is 25.9. The van der Waals surface area contributed by atoms with Gasteiger partial charge in [-0.15, -0.1) is 0 Å². The molecule has 0 radical (unpaired) electrons. The van der Waals surface area contributed by atoms with Crippen molar-refractivity contribution in [2.45, 2.75) is 70.3 Å². The average Bonchev–Trinajstić information content (AvgIpc) is 3.18. The van der Waals surface area contributed by atoms with Crippen LogP contribution in [0.1, 0.15) is 72.3 Å². The molecular weight excluding hydrogens is 665 g/mol. The Labute approximate surface area is 311 Å². The van der Waals surface area contributed by atoms with Gasteiger partial charge in [0.2, 0.25) is 11.8 Å². The Morgan fingerprint density at radius 2 is 1.23 bits per heavy atom. The number of hydrogen-bond donors (Lipinski definition) is 4. The number of para-hydroxylation sites is 2. The molecule has 6 rings (SSSR count). The molecule has 1 aliphatic rings. The van der Waals surface area contributed by atoms with Gasteiger partial charge in [0.15, 0.2) is 6.29 Å². The number of carbonyl (C=O) groups is 2. The fraction of sp³-hybridized carbons (Fsp3) is 0.273. The van der Waals surface area contributed by atoms with E-state index in [1.807, 2.05) is 72.8 Å². The zero-order chi connectivity index (χ0) is 36.8. The number of nitrogen functional groups attached to an aromatic ring is 1. The van der Waals surface area contributed by atoms with Gasteiger partial charge in [0, 0.05) is 50.1 Å². The quantitative estimate of drug-likeness (QED) is 0.0601. The van der Waals surface area contributed by atoms with Gasteiger partial charge in [-0.05, 0) is 59.4 Å². The molecule has 0 saturated carbocycles. The van der Waals surface area contributed by atoms with Crippen molar-refractivity contribution in [2.75, 3.05) is 22.9 Å². The van der Waals surface area contributed by atoms with E-state index in [1.165, 1.54) is 11.1 Å². The zero-order valence-electron chi connectivity index (χ0n) is 29.9. The summed E-state index contributed by atoms with van der Waals surface area (Å²) in [5, 5.41) is 15.4. The minimum atomic E-state index is -0.617. The summed E-state index contributed by atoms with van der Waals surface area (Å²) in [7, 11) is 0. The Balaban J connectivity index is 1.08. The maximum absolute atomic E-state index is 12.7. The summed E-state index contributed by atoms with van der Waals surface area (Å²) in [6.07, 6.45) is 1.49. The van der Waals surface area contributed by atoms with Gasteiger partial charge in [-0.1, -0.05) is 109 Å². The maximum atomic E-state index is 12.7. The molecule has 53 heavy (non-hydrogen) atoms. The van der Waals surface area contributed by atoms with E-state index in [1.54, 1.807) is 12.1 Å². The summed E-state index contributed by atoms with van der Waals surface area (Å²) in [6.45, 7) is 2.24. The van der Waals surface area contributed by atoms with Crippen molar-refractivity contribution < 1.29 is 24.2 Å². The summed E-state index contributed by atoms with van der Waals surface area (Å²) in [4.78, 5) is 27.5. The second-order valence-electron chi connectivity index (χ2n) is 13.5. The van der Waals surface area contributed by atoms with E-state index in [4.69, 9.17) is 15.2 Å². The molecule has 9 heteroatoms. The smallest absolute Gasteiger partial charge is 0.224 e. The third-order valence-corrected chi connectivity index (χ3v) is 9.33. The number of nitrogens with one attached hydrogen (secondary N) is 2. The number of aliphatic hydroxyl groups excluding tert-OH is 1. The molecule has 1 fully saturated rings. The second kappa shape index (κ2) is 19.0. The molecule has 1 heterocycles. The third-order valence-electron chi connectivity index (χ3n) is 9.33. The summed E-state index contributed by atoms with van der Waals surface area (Å²) < 4.78 is 13.3. The monoisotopic (exact) mass is 712 g/mol. The Morgan fingerprint density at radius 3 is 1.83 bits per heavy atom. The Kier molecular flexibility index (Phi) is 13.4. The molecule has 1 aliphatic heterocycles. The fourth-order valence-electron chi connectivity index (χ4n) is 6.53. The second-order valence-corrected chi connectivity index (χ2v) is 13.5. The summed E-state index contributed by atoms with van der Waals surface area (Å²) in [5.41, 5.74) is 12.9. The number of benzene rings is 5. The van der Waals surface area contributed by atoms with Crippen LogP contribution in [0.3, 0.4) is 0 Å². The highest BCUT2D eigenvalue weighted by Gasteiger charge is 2.33. The van der Waals surface area contributed by atoms with E-state index in [0.29, 0.717) is 55.7 Å². The molecule has 0 unspecified atom stereocenters. The molecule has 0 aromatic heterocycles. The van der Waals surface area contributed by atoms with Gasteiger partial charge in [-0.2, -0.15) is 0 Å². The van der Waals surface area contributed by atoms with Gasteiger partial charge < -0.3 is 30.9 Å². The minimum absolute atomic E-state index is 0.0151. The predicted molar refractivity (Wildman–Crippen MR) is 208 cm³/mol. The number of aliphatic hydroxyl groups is 1. The van der Waals surface area contributed by atoms with Crippen LogP contribution in [-0.4, -0.2) is 34.5 Å². The number of rotatable bonds is 16. The molecular formula is C44H48N4O5. The van der Waals surface area contributed by atoms with Crippen LogP contribution in [0.4, 0.5) is 17.1 Å². The van der Waals surface area contributed by atoms with Gasteiger partial charge in [-0.3, -0.25) is 14.5 Å². The van der Waals surface area contributed by atoms with Gasteiger partial charge in [0.05, 0.1) is 30.2 Å². The van der Waals surface area contributed by atoms with Crippen LogP contribution in [0.25, 0.3) is 0 Å². The zero-order valence-corrected chi connectivity index (χ0v) is 29.9. The number of anilines is 3. The molecule has 0 aliphatic carbocycles. The number of unbranched alkanes of at least 4 members (excludes halogenated alkanes) is 1. The fourth-order valence-corrected chi connectivity index (χ4v) is 6.53. The van der Waals surface area contributed by atoms with Crippen LogP contribution >= 0.6 is 0 Å². The Bertz CT molecular complexity index is 1850. The van der Waals surface area contributed by atoms with Crippen molar-refractivity contribution in [2.24, 2.45) is 0 Å². The standard InChI is InChI=1S/C44H48N4O5/c45-39-15-7-8-16-40(39)47-43(51)18-10-9-17-42(50)46-37-25-23-36(24-26-37)44-52-38(27-41(53-44)35-21-19-34(31-49)20-22-35)30-48(28-32-11-3-1-4-12-32)29-33-13-5-2-6-14-33/h1-8,11-16,19-26,38,41,44,49H,9-10,17-18,27-31,45H2,(H,46,50)(H,47,51)/t38-,41+,44+/m1/s1. The number of ether oxygens (including phenoxy) is 2. The molecule has 5 aromatic rings. The van der Waals surface area contributed by atoms with E-state index >= 15 is 0 Å². The van der Waals surface area contributed by atoms with E-state index in [9.17, 15) is 14.7 Å². The molecule has 2 amide bonds. The summed E-state index contributed by atoms with van der Waals surface area (Å²) in [6, 6.07) is 43.6. The Hall–Kier alpha value is -5.32. The topological polar surface area (TPSA) is 126 Å². The Morgan fingerprint density at radius 1 is 0.660 bits per heavy atom. The number of carbonyl (C=O) groups excluding carboxylic acids is 2. The molecule has 0 spiro atoms. The maximum Gasteiger partial charge on any atom is 0.224 e. The lowest BCUT2D eigenvalue weighted by Gasteiger charge is -2.38. The molecule has 5 aromatic carbocycles. The van der Waals surface area contributed by atoms with Crippen molar-refractivity contribution in [1.29, 1.82) is 0 Å². The van der Waals surface area contributed by atoms with Gasteiger partial charge in [0.25, 0.3) is 0 Å². The van der Waals surface area contributed by atoms with Crippen LogP contribution in [-0.2, 0) is 38.8 Å². The largest absolute Gasteiger partial charge is 0.397 e. The van der Waals surface area contributed by atoms with Crippen molar-refractivity contribution in [3.05, 3.63) is 161 Å². The van der Waals surface area contributed by atoms with E-state index < -0.39 is 6.29 Å². The first kappa shape index (κ1) is 37.4. The SMILES string of the molecule is Nc1ccccc1NC(=O)CCCCC(=O)Nc1ccc([C@H]2O[C@@H](CN(Cc3ccccc3)Cc3ccccc3)C[C@@H](c3ccc(CO)cc3)O2)cc1. The molecule has 1 saturated heterocycles. The minimum Gasteiger partial charge on any atom is -0.397 e. The highest BCUT2D eigenvalue weighted by molar-refractivity contribution is 5.94. The van der Waals surface area contributed by atoms with Gasteiger partial charge in [-0.25, -0.2) is 0 Å². The van der Waals surface area contributed by atoms with Gasteiger partial charge in [0.1, 0.15) is 0 Å². The lowest BCUT2D eigenvalue weighted by atomic mass is 9.99. The molecule has 0 bridgehead atoms. The third kappa shape index (κ3) is 11.3. The molecule has 5 N–H and O–H groups in total. The molecule has 274 valence electrons. The van der Waals surface area contributed by atoms with Crippen molar-refractivity contribution in [1.82, 2.24) is 4.90 Å². The van der Waals surface area contributed by atoms with E-state index in [0.717, 1.165) is 29.8 Å². The van der Waals surface area contributed by atoms with Crippen LogP contribution in [0.2, 0.25) is 0 Å². The summed E-state index contributed by atoms with van der Waals surface area (Å²) in [5.74, 6) is -0.239. The normalized spacial score (nSPS) is 17.0. The first-order valence-electron chi connectivity index (χ1n) is 18.3. The average molecular weight is 713 g/mol. The van der Waals surface area contributed by atoms with Crippen LogP contribution < -0.4 is 16.4 Å². The van der Waals surface area contributed by atoms with Crippen LogP contribution in [0.15, 0.2) is 133 Å². The lowest BCUT2D eigenvalue weighted by Crippen LogP contribution is -2.39. The predicted octanol–water partition coefficient (Wildman–Crippen LogP) is 8.15. The van der Waals surface area contributed by atoms with Crippen molar-refractivity contribution >= 4 is 28.9 Å². The highest BCUT2D eigenvalue weighted by Crippen LogP contribution is 2.38. The summed E-state index contributed by atoms with van der Waals surface area (Å²) >= 11 is 0. The number of nitrogens with zero attached hydrogens (tertiary/aromatic N) is 1. The van der Waals surface area contributed by atoms with Crippen LogP contribution in [0, 0.1) is 0 Å². The first-order valence-corrected chi connectivity index (χ1v) is 18.3. The van der Waals surface area contributed by atoms with Crippen LogP contribution in [0.5, 0.6) is 0 Å². The highest BCUT2D eigenvalue weighted by atomic mass is 16.7. The van der Waals surface area contributed by atoms with E-state index in [2.05, 4.69) is 64.1 Å². The lowest BCUT2D eigenvalue weighted by molar-refractivity contribution is -0.253. The van der Waals surface area contributed by atoms with Crippen molar-refractivity contribution in [3.8, 4) is 0 Å². The van der Waals surface area contributed by atoms with E-state index in [-0.39, 0.29) is 30.6 Å². The number of amides is 2. The number of nitrogens with two attached hydrogens (primary N) is 1. The van der Waals surface area contributed by atoms with Gasteiger partial charge >= 0.3 is 0 Å². The molecule has 3 atom stereocenters. The molecule has 9 nitrogen and oxygen atoms in total. The van der Waals surface area contributed by atoms with Crippen molar-refractivity contribution in [3.63, 3.8) is 0 Å².